The fourth-order valence-corrected chi connectivity index (χ4v) is 4.02. The first-order valence-electron chi connectivity index (χ1n) is 8.26. The van der Waals surface area contributed by atoms with Crippen LogP contribution in [-0.2, 0) is 6.42 Å². The van der Waals surface area contributed by atoms with E-state index >= 15 is 0 Å². The summed E-state index contributed by atoms with van der Waals surface area (Å²) in [4.78, 5) is 0.721. The molecule has 0 amide bonds. The maximum absolute atomic E-state index is 10.1. The van der Waals surface area contributed by atoms with Gasteiger partial charge in [-0.1, -0.05) is 65.9 Å². The van der Waals surface area contributed by atoms with Crippen molar-refractivity contribution in [1.29, 1.82) is 0 Å². The quantitative estimate of drug-likeness (QED) is 0.522. The molecule has 2 heterocycles. The van der Waals surface area contributed by atoms with Crippen LogP contribution in [-0.4, -0.2) is 24.9 Å². The number of nitrogens with zero attached hydrogens (tertiary/aromatic N) is 4. The van der Waals surface area contributed by atoms with Gasteiger partial charge in [-0.05, 0) is 28.5 Å². The molecule has 0 bridgehead atoms. The Hall–Kier alpha value is -3.25. The lowest BCUT2D eigenvalue weighted by Gasteiger charge is -2.04. The second-order valence-corrected chi connectivity index (χ2v) is 7.09. The van der Waals surface area contributed by atoms with Gasteiger partial charge in [0.2, 0.25) is 4.96 Å². The molecule has 5 nitrogen and oxygen atoms in total. The number of benzene rings is 3. The van der Waals surface area contributed by atoms with Crippen molar-refractivity contribution in [1.82, 2.24) is 19.8 Å². The van der Waals surface area contributed by atoms with E-state index in [0.717, 1.165) is 16.4 Å². The molecule has 0 atom stereocenters. The summed E-state index contributed by atoms with van der Waals surface area (Å²) in [6.45, 7) is 0. The topological polar surface area (TPSA) is 63.3 Å². The second-order valence-electron chi connectivity index (χ2n) is 6.05. The molecule has 3 aromatic carbocycles. The van der Waals surface area contributed by atoms with E-state index < -0.39 is 0 Å². The van der Waals surface area contributed by atoms with Gasteiger partial charge in [0.05, 0.1) is 5.56 Å². The van der Waals surface area contributed by atoms with Crippen LogP contribution in [0.2, 0.25) is 0 Å². The summed E-state index contributed by atoms with van der Waals surface area (Å²) in [5, 5.41) is 26.6. The van der Waals surface area contributed by atoms with Crippen molar-refractivity contribution in [3.63, 3.8) is 0 Å². The lowest BCUT2D eigenvalue weighted by atomic mass is 10.0. The number of fused-ring (bicyclic) bond motifs is 2. The molecule has 2 aromatic heterocycles. The SMILES string of the molecule is Oc1ccccc1-c1nnc2sc(Cc3cccc4ccccc34)nn12. The van der Waals surface area contributed by atoms with Gasteiger partial charge in [-0.15, -0.1) is 10.2 Å². The molecule has 0 aliphatic rings. The second kappa shape index (κ2) is 5.93. The van der Waals surface area contributed by atoms with E-state index in [4.69, 9.17) is 5.10 Å². The molecular formula is C20H14N4OS. The van der Waals surface area contributed by atoms with Crippen LogP contribution in [0.4, 0.5) is 0 Å². The number of rotatable bonds is 3. The van der Waals surface area contributed by atoms with Gasteiger partial charge in [0.1, 0.15) is 10.8 Å². The number of aromatic nitrogens is 4. The standard InChI is InChI=1S/C20H14N4OS/c25-17-11-4-3-10-16(17)19-21-22-20-24(19)23-18(26-20)12-14-8-5-7-13-6-1-2-9-15(13)14/h1-11,25H,12H2. The van der Waals surface area contributed by atoms with Crippen LogP contribution in [0.15, 0.2) is 66.7 Å². The van der Waals surface area contributed by atoms with E-state index in [9.17, 15) is 5.11 Å². The van der Waals surface area contributed by atoms with Crippen molar-refractivity contribution >= 4 is 27.1 Å². The Balaban J connectivity index is 1.58. The molecule has 0 saturated heterocycles. The van der Waals surface area contributed by atoms with Gasteiger partial charge >= 0.3 is 0 Å². The Labute approximate surface area is 153 Å². The summed E-state index contributed by atoms with van der Waals surface area (Å²) in [6.07, 6.45) is 0.732. The third-order valence-electron chi connectivity index (χ3n) is 4.40. The molecule has 0 saturated carbocycles. The fourth-order valence-electron chi connectivity index (χ4n) is 3.17. The average molecular weight is 358 g/mol. The molecule has 26 heavy (non-hydrogen) atoms. The molecule has 5 rings (SSSR count). The van der Waals surface area contributed by atoms with Crippen molar-refractivity contribution in [2.45, 2.75) is 6.42 Å². The largest absolute Gasteiger partial charge is 0.507 e. The highest BCUT2D eigenvalue weighted by atomic mass is 32.1. The maximum Gasteiger partial charge on any atom is 0.234 e. The minimum Gasteiger partial charge on any atom is -0.507 e. The molecule has 126 valence electrons. The van der Waals surface area contributed by atoms with Crippen LogP contribution in [0.3, 0.4) is 0 Å². The summed E-state index contributed by atoms with van der Waals surface area (Å²) in [7, 11) is 0. The first kappa shape index (κ1) is 15.0. The Morgan fingerprint density at radius 2 is 1.69 bits per heavy atom. The van der Waals surface area contributed by atoms with Crippen molar-refractivity contribution in [3.8, 4) is 17.1 Å². The van der Waals surface area contributed by atoms with Crippen molar-refractivity contribution < 1.29 is 5.11 Å². The molecule has 0 radical (unpaired) electrons. The van der Waals surface area contributed by atoms with Crippen LogP contribution in [0.5, 0.6) is 5.75 Å². The number of aromatic hydroxyl groups is 1. The zero-order chi connectivity index (χ0) is 17.5. The Kier molecular flexibility index (Phi) is 3.43. The van der Waals surface area contributed by atoms with Crippen LogP contribution < -0.4 is 0 Å². The first-order chi connectivity index (χ1) is 12.8. The molecular weight excluding hydrogens is 344 g/mol. The van der Waals surface area contributed by atoms with Crippen molar-refractivity contribution in [3.05, 3.63) is 77.3 Å². The fraction of sp³-hybridized carbons (Fsp3) is 0.0500. The monoisotopic (exact) mass is 358 g/mol. The highest BCUT2D eigenvalue weighted by Crippen LogP contribution is 2.29. The zero-order valence-corrected chi connectivity index (χ0v) is 14.5. The van der Waals surface area contributed by atoms with Gasteiger partial charge in [0.25, 0.3) is 0 Å². The van der Waals surface area contributed by atoms with Crippen LogP contribution in [0.25, 0.3) is 27.1 Å². The molecule has 5 aromatic rings. The molecule has 0 unspecified atom stereocenters. The highest BCUT2D eigenvalue weighted by Gasteiger charge is 2.16. The summed E-state index contributed by atoms with van der Waals surface area (Å²) in [5.41, 5.74) is 1.86. The molecule has 6 heteroatoms. The number of phenols is 1. The summed E-state index contributed by atoms with van der Waals surface area (Å²) >= 11 is 1.52. The predicted octanol–water partition coefficient (Wildman–Crippen LogP) is 4.30. The molecule has 0 spiro atoms. The molecule has 0 fully saturated rings. The van der Waals surface area contributed by atoms with Crippen LogP contribution in [0.1, 0.15) is 10.6 Å². The van der Waals surface area contributed by atoms with Gasteiger partial charge in [-0.3, -0.25) is 0 Å². The number of phenolic OH excluding ortho intramolecular Hbond substituents is 1. The minimum atomic E-state index is 0.172. The zero-order valence-electron chi connectivity index (χ0n) is 13.7. The highest BCUT2D eigenvalue weighted by molar-refractivity contribution is 7.16. The lowest BCUT2D eigenvalue weighted by Crippen LogP contribution is -1.94. The summed E-state index contributed by atoms with van der Waals surface area (Å²) in [6, 6.07) is 21.8. The maximum atomic E-state index is 10.1. The van der Waals surface area contributed by atoms with Crippen LogP contribution in [0, 0.1) is 0 Å². The Morgan fingerprint density at radius 3 is 2.62 bits per heavy atom. The Morgan fingerprint density at radius 1 is 0.885 bits per heavy atom. The number of hydrogen-bond donors (Lipinski definition) is 1. The smallest absolute Gasteiger partial charge is 0.234 e. The third-order valence-corrected chi connectivity index (χ3v) is 5.30. The Bertz CT molecular complexity index is 1240. The average Bonchev–Trinajstić information content (AvgIpc) is 3.23. The van der Waals surface area contributed by atoms with Crippen LogP contribution >= 0.6 is 11.3 Å². The molecule has 1 N–H and O–H groups in total. The van der Waals surface area contributed by atoms with E-state index in [1.54, 1.807) is 16.6 Å². The van der Waals surface area contributed by atoms with E-state index in [-0.39, 0.29) is 5.75 Å². The van der Waals surface area contributed by atoms with E-state index in [1.165, 1.54) is 27.7 Å². The predicted molar refractivity (Wildman–Crippen MR) is 103 cm³/mol. The number of hydrogen-bond acceptors (Lipinski definition) is 5. The lowest BCUT2D eigenvalue weighted by molar-refractivity contribution is 0.476. The van der Waals surface area contributed by atoms with Crippen molar-refractivity contribution in [2.24, 2.45) is 0 Å². The van der Waals surface area contributed by atoms with Gasteiger partial charge in [-0.25, -0.2) is 0 Å². The summed E-state index contributed by atoms with van der Waals surface area (Å²) in [5.74, 6) is 0.726. The van der Waals surface area contributed by atoms with E-state index in [1.807, 2.05) is 18.2 Å². The minimum absolute atomic E-state index is 0.172. The first-order valence-corrected chi connectivity index (χ1v) is 9.07. The summed E-state index contributed by atoms with van der Waals surface area (Å²) < 4.78 is 1.71. The number of para-hydroxylation sites is 1. The molecule has 0 aliphatic carbocycles. The third kappa shape index (κ3) is 2.43. The van der Waals surface area contributed by atoms with E-state index in [0.29, 0.717) is 11.4 Å². The van der Waals surface area contributed by atoms with Crippen molar-refractivity contribution in [2.75, 3.05) is 0 Å². The normalized spacial score (nSPS) is 11.4. The van der Waals surface area contributed by atoms with Gasteiger partial charge in [0, 0.05) is 6.42 Å². The van der Waals surface area contributed by atoms with Gasteiger partial charge in [0.15, 0.2) is 5.82 Å². The van der Waals surface area contributed by atoms with Gasteiger partial charge in [-0.2, -0.15) is 9.61 Å². The van der Waals surface area contributed by atoms with E-state index in [2.05, 4.69) is 46.6 Å². The van der Waals surface area contributed by atoms with Gasteiger partial charge < -0.3 is 5.11 Å². The molecule has 0 aliphatic heterocycles.